The largest absolute Gasteiger partial charge is 0.495 e. The summed E-state index contributed by atoms with van der Waals surface area (Å²) in [6.45, 7) is 5.01. The van der Waals surface area contributed by atoms with Gasteiger partial charge < -0.3 is 20.3 Å². The molecule has 1 unspecified atom stereocenters. The Morgan fingerprint density at radius 3 is 2.63 bits per heavy atom. The summed E-state index contributed by atoms with van der Waals surface area (Å²) in [5.41, 5.74) is 8.44. The smallest absolute Gasteiger partial charge is 0.253 e. The van der Waals surface area contributed by atoms with Crippen LogP contribution in [0, 0.1) is 0 Å². The number of benzene rings is 2. The van der Waals surface area contributed by atoms with Crippen molar-refractivity contribution in [3.63, 3.8) is 0 Å². The van der Waals surface area contributed by atoms with E-state index in [1.807, 2.05) is 47.4 Å². The first kappa shape index (κ1) is 20.6. The van der Waals surface area contributed by atoms with Crippen LogP contribution >= 0.6 is 11.8 Å². The predicted octanol–water partition coefficient (Wildman–Crippen LogP) is 3.32. The van der Waals surface area contributed by atoms with Crippen LogP contribution < -0.4 is 15.4 Å². The van der Waals surface area contributed by atoms with Crippen LogP contribution in [0.3, 0.4) is 0 Å². The summed E-state index contributed by atoms with van der Waals surface area (Å²) in [4.78, 5) is 22.1. The number of rotatable bonds is 4. The molecule has 2 heterocycles. The van der Waals surface area contributed by atoms with Crippen molar-refractivity contribution in [2.24, 2.45) is 10.7 Å². The van der Waals surface area contributed by atoms with Gasteiger partial charge in [0.2, 0.25) is 0 Å². The van der Waals surface area contributed by atoms with Crippen LogP contribution in [0.4, 0.5) is 5.69 Å². The van der Waals surface area contributed by atoms with E-state index in [1.54, 1.807) is 18.9 Å². The quantitative estimate of drug-likeness (QED) is 0.815. The lowest BCUT2D eigenvalue weighted by Gasteiger charge is -2.37. The fourth-order valence-electron chi connectivity index (χ4n) is 4.11. The highest BCUT2D eigenvalue weighted by atomic mass is 32.2. The highest BCUT2D eigenvalue weighted by Gasteiger charge is 2.31. The second-order valence-corrected chi connectivity index (χ2v) is 8.97. The molecule has 6 nitrogen and oxygen atoms in total. The molecule has 0 saturated carbocycles. The Bertz CT molecular complexity index is 956. The molecular weight excluding hydrogens is 396 g/mol. The summed E-state index contributed by atoms with van der Waals surface area (Å²) >= 11 is 1.59. The summed E-state index contributed by atoms with van der Waals surface area (Å²) in [6, 6.07) is 15.9. The van der Waals surface area contributed by atoms with Gasteiger partial charge >= 0.3 is 0 Å². The number of thioether (sulfide) groups is 1. The zero-order valence-corrected chi connectivity index (χ0v) is 18.3. The first-order chi connectivity index (χ1) is 14.5. The minimum atomic E-state index is -0.367. The first-order valence-corrected chi connectivity index (χ1v) is 11.2. The molecule has 1 amide bonds. The number of nitrogens with zero attached hydrogens (tertiary/aromatic N) is 3. The van der Waals surface area contributed by atoms with E-state index in [-0.39, 0.29) is 11.4 Å². The Morgan fingerprint density at radius 2 is 1.90 bits per heavy atom. The van der Waals surface area contributed by atoms with Crippen molar-refractivity contribution < 1.29 is 9.53 Å². The van der Waals surface area contributed by atoms with E-state index in [2.05, 4.69) is 22.9 Å². The third kappa shape index (κ3) is 4.12. The zero-order chi connectivity index (χ0) is 21.1. The molecule has 1 fully saturated rings. The Balaban J connectivity index is 1.47. The maximum absolute atomic E-state index is 13.2. The Kier molecular flexibility index (Phi) is 5.90. The normalized spacial score (nSPS) is 21.9. The number of hydrogen-bond acceptors (Lipinski definition) is 6. The van der Waals surface area contributed by atoms with Crippen molar-refractivity contribution in [3.8, 4) is 5.75 Å². The van der Waals surface area contributed by atoms with Crippen LogP contribution in [-0.4, -0.2) is 55.0 Å². The molecular formula is C23H28N4O2S. The number of carbonyl (C=O) groups is 1. The van der Waals surface area contributed by atoms with Crippen LogP contribution in [-0.2, 0) is 5.54 Å². The monoisotopic (exact) mass is 424 g/mol. The highest BCUT2D eigenvalue weighted by Crippen LogP contribution is 2.35. The Morgan fingerprint density at radius 1 is 1.13 bits per heavy atom. The summed E-state index contributed by atoms with van der Waals surface area (Å²) in [6.07, 6.45) is 0.910. The van der Waals surface area contributed by atoms with Crippen molar-refractivity contribution in [2.45, 2.75) is 18.9 Å². The molecule has 158 valence electrons. The molecule has 4 rings (SSSR count). The van der Waals surface area contributed by atoms with Crippen LogP contribution in [0.15, 0.2) is 53.5 Å². The third-order valence-electron chi connectivity index (χ3n) is 5.92. The van der Waals surface area contributed by atoms with Gasteiger partial charge in [-0.3, -0.25) is 9.79 Å². The number of amides is 1. The average molecular weight is 425 g/mol. The van der Waals surface area contributed by atoms with Crippen LogP contribution in [0.2, 0.25) is 0 Å². The molecule has 0 bridgehead atoms. The molecule has 2 aliphatic rings. The number of methoxy groups -OCH3 is 1. The molecule has 0 aliphatic carbocycles. The van der Waals surface area contributed by atoms with Crippen LogP contribution in [0.25, 0.3) is 0 Å². The van der Waals surface area contributed by atoms with Gasteiger partial charge in [0.05, 0.1) is 18.3 Å². The number of amidine groups is 1. The fourth-order valence-corrected chi connectivity index (χ4v) is 5.08. The molecule has 2 aliphatic heterocycles. The van der Waals surface area contributed by atoms with E-state index >= 15 is 0 Å². The lowest BCUT2D eigenvalue weighted by molar-refractivity contribution is 0.0746. The molecule has 0 spiro atoms. The lowest BCUT2D eigenvalue weighted by Crippen LogP contribution is -2.49. The van der Waals surface area contributed by atoms with Crippen LogP contribution in [0.5, 0.6) is 5.75 Å². The van der Waals surface area contributed by atoms with Crippen molar-refractivity contribution in [1.29, 1.82) is 0 Å². The standard InChI is InChI=1S/C23H28N4O2S/c1-23(10-15-30-22(24)25-23)18-7-5-6-17(16-18)21(28)27-13-11-26(12-14-27)19-8-3-4-9-20(19)29-2/h3-9,16H,10-15H2,1-2H3,(H2,24,25). The summed E-state index contributed by atoms with van der Waals surface area (Å²) in [5, 5.41) is 0.618. The van der Waals surface area contributed by atoms with Gasteiger partial charge in [0.1, 0.15) is 5.75 Å². The maximum Gasteiger partial charge on any atom is 0.253 e. The fraction of sp³-hybridized carbons (Fsp3) is 0.391. The molecule has 1 saturated heterocycles. The number of piperazine rings is 1. The van der Waals surface area contributed by atoms with Crippen molar-refractivity contribution >= 4 is 28.5 Å². The first-order valence-electron chi connectivity index (χ1n) is 10.3. The number of anilines is 1. The van der Waals surface area contributed by atoms with Gasteiger partial charge in [0.15, 0.2) is 5.17 Å². The molecule has 2 aromatic rings. The van der Waals surface area contributed by atoms with E-state index < -0.39 is 0 Å². The number of hydrogen-bond donors (Lipinski definition) is 1. The average Bonchev–Trinajstić information content (AvgIpc) is 2.78. The Labute approximate surface area is 182 Å². The van der Waals surface area contributed by atoms with Gasteiger partial charge in [-0.1, -0.05) is 36.0 Å². The van der Waals surface area contributed by atoms with Gasteiger partial charge in [0.25, 0.3) is 5.91 Å². The lowest BCUT2D eigenvalue weighted by atomic mass is 9.88. The summed E-state index contributed by atoms with van der Waals surface area (Å²) in [5.74, 6) is 1.88. The van der Waals surface area contributed by atoms with Crippen molar-refractivity contribution in [1.82, 2.24) is 4.90 Å². The van der Waals surface area contributed by atoms with Crippen LogP contribution in [0.1, 0.15) is 29.3 Å². The second kappa shape index (κ2) is 8.60. The second-order valence-electron chi connectivity index (χ2n) is 7.85. The summed E-state index contributed by atoms with van der Waals surface area (Å²) in [7, 11) is 1.69. The van der Waals surface area contributed by atoms with E-state index in [0.717, 1.165) is 42.3 Å². The molecule has 7 heteroatoms. The van der Waals surface area contributed by atoms with E-state index in [9.17, 15) is 4.79 Å². The molecule has 1 atom stereocenters. The van der Waals surface area contributed by atoms with E-state index in [0.29, 0.717) is 23.8 Å². The summed E-state index contributed by atoms with van der Waals surface area (Å²) < 4.78 is 5.49. The number of carbonyl (C=O) groups excluding carboxylic acids is 1. The highest BCUT2D eigenvalue weighted by molar-refractivity contribution is 8.13. The van der Waals surface area contributed by atoms with Crippen molar-refractivity contribution in [3.05, 3.63) is 59.7 Å². The number of ether oxygens (including phenoxy) is 1. The number of para-hydroxylation sites is 2. The molecule has 0 radical (unpaired) electrons. The molecule has 2 aromatic carbocycles. The predicted molar refractivity (Wildman–Crippen MR) is 124 cm³/mol. The molecule has 30 heavy (non-hydrogen) atoms. The molecule has 2 N–H and O–H groups in total. The van der Waals surface area contributed by atoms with Gasteiger partial charge in [0, 0.05) is 37.5 Å². The maximum atomic E-state index is 13.2. The third-order valence-corrected chi connectivity index (χ3v) is 6.72. The van der Waals surface area contributed by atoms with E-state index in [4.69, 9.17) is 10.5 Å². The van der Waals surface area contributed by atoms with Gasteiger partial charge in [-0.05, 0) is 43.2 Å². The van der Waals surface area contributed by atoms with E-state index in [1.165, 1.54) is 0 Å². The zero-order valence-electron chi connectivity index (χ0n) is 17.5. The number of nitrogens with two attached hydrogens (primary N) is 1. The SMILES string of the molecule is COc1ccccc1N1CCN(C(=O)c2cccc(C3(C)CCSC(N)=N3)c2)CC1. The minimum Gasteiger partial charge on any atom is -0.495 e. The van der Waals surface area contributed by atoms with Gasteiger partial charge in [-0.15, -0.1) is 0 Å². The van der Waals surface area contributed by atoms with Crippen molar-refractivity contribution in [2.75, 3.05) is 43.9 Å². The molecule has 0 aromatic heterocycles. The Hall–Kier alpha value is -2.67. The topological polar surface area (TPSA) is 71.2 Å². The number of aliphatic imine (C=N–C) groups is 1. The van der Waals surface area contributed by atoms with Gasteiger partial charge in [-0.2, -0.15) is 0 Å². The minimum absolute atomic E-state index is 0.0715. The van der Waals surface area contributed by atoms with Gasteiger partial charge in [-0.25, -0.2) is 0 Å².